The van der Waals surface area contributed by atoms with E-state index in [0.29, 0.717) is 17.9 Å². The minimum absolute atomic E-state index is 0.207. The average molecular weight is 266 g/mol. The molecule has 3 atom stereocenters. The predicted molar refractivity (Wildman–Crippen MR) is 78.8 cm³/mol. The molecular formula is C16H30N2O. The zero-order valence-corrected chi connectivity index (χ0v) is 13.0. The molecule has 0 aromatic carbocycles. The summed E-state index contributed by atoms with van der Waals surface area (Å²) in [6.07, 6.45) is 8.08. The summed E-state index contributed by atoms with van der Waals surface area (Å²) >= 11 is 0. The monoisotopic (exact) mass is 266 g/mol. The Labute approximate surface area is 118 Å². The number of carbonyl (C=O) groups is 1. The Bertz CT molecular complexity index is 323. The number of nitrogens with one attached hydrogen (secondary N) is 1. The first-order valence-corrected chi connectivity index (χ1v) is 8.16. The lowest BCUT2D eigenvalue weighted by molar-refractivity contribution is -0.136. The Balaban J connectivity index is 2.20. The van der Waals surface area contributed by atoms with Gasteiger partial charge in [0.05, 0.1) is 11.7 Å². The SMILES string of the molecule is CCCC1NC2(CCCC2)C(=O)N1C(C)C(C)CC. The molecule has 1 saturated carbocycles. The highest BCUT2D eigenvalue weighted by Crippen LogP contribution is 2.39. The van der Waals surface area contributed by atoms with E-state index in [9.17, 15) is 4.79 Å². The summed E-state index contributed by atoms with van der Waals surface area (Å²) < 4.78 is 0. The Morgan fingerprint density at radius 3 is 2.47 bits per heavy atom. The lowest BCUT2D eigenvalue weighted by Crippen LogP contribution is -2.46. The van der Waals surface area contributed by atoms with Crippen LogP contribution < -0.4 is 5.32 Å². The molecule has 1 spiro atoms. The topological polar surface area (TPSA) is 32.3 Å². The molecule has 1 aliphatic carbocycles. The van der Waals surface area contributed by atoms with E-state index >= 15 is 0 Å². The molecule has 2 aliphatic rings. The number of amides is 1. The number of carbonyl (C=O) groups excluding carboxylic acids is 1. The molecule has 3 unspecified atom stereocenters. The van der Waals surface area contributed by atoms with Gasteiger partial charge in [0.2, 0.25) is 5.91 Å². The standard InChI is InChI=1S/C16H30N2O/c1-5-9-14-17-16(10-7-8-11-16)15(19)18(14)13(4)12(3)6-2/h12-14,17H,5-11H2,1-4H3. The van der Waals surface area contributed by atoms with Crippen LogP contribution in [0.1, 0.15) is 72.6 Å². The number of rotatable bonds is 5. The van der Waals surface area contributed by atoms with E-state index in [4.69, 9.17) is 0 Å². The largest absolute Gasteiger partial charge is 0.323 e. The van der Waals surface area contributed by atoms with Gasteiger partial charge in [0.25, 0.3) is 0 Å². The van der Waals surface area contributed by atoms with Crippen molar-refractivity contribution in [3.05, 3.63) is 0 Å². The number of nitrogens with zero attached hydrogens (tertiary/aromatic N) is 1. The molecule has 2 rings (SSSR count). The fraction of sp³-hybridized carbons (Fsp3) is 0.938. The van der Waals surface area contributed by atoms with E-state index in [1.807, 2.05) is 0 Å². The van der Waals surface area contributed by atoms with Crippen molar-refractivity contribution in [3.63, 3.8) is 0 Å². The Kier molecular flexibility index (Phi) is 4.54. The minimum Gasteiger partial charge on any atom is -0.323 e. The molecule has 3 heteroatoms. The Morgan fingerprint density at radius 2 is 1.95 bits per heavy atom. The van der Waals surface area contributed by atoms with Crippen molar-refractivity contribution >= 4 is 5.91 Å². The van der Waals surface area contributed by atoms with Gasteiger partial charge >= 0.3 is 0 Å². The molecule has 1 saturated heterocycles. The van der Waals surface area contributed by atoms with Crippen molar-refractivity contribution in [1.29, 1.82) is 0 Å². The van der Waals surface area contributed by atoms with Crippen molar-refractivity contribution < 1.29 is 4.79 Å². The molecule has 110 valence electrons. The highest BCUT2D eigenvalue weighted by Gasteiger charge is 2.53. The maximum atomic E-state index is 12.9. The lowest BCUT2D eigenvalue weighted by atomic mass is 9.95. The zero-order chi connectivity index (χ0) is 14.0. The molecule has 1 amide bonds. The smallest absolute Gasteiger partial charge is 0.244 e. The van der Waals surface area contributed by atoms with E-state index < -0.39 is 0 Å². The summed E-state index contributed by atoms with van der Waals surface area (Å²) in [6, 6.07) is 0.349. The van der Waals surface area contributed by atoms with Crippen LogP contribution in [-0.4, -0.2) is 28.6 Å². The molecule has 1 aliphatic heterocycles. The number of hydrogen-bond acceptors (Lipinski definition) is 2. The van der Waals surface area contributed by atoms with Crippen molar-refractivity contribution in [2.24, 2.45) is 5.92 Å². The van der Waals surface area contributed by atoms with Crippen LogP contribution in [0.5, 0.6) is 0 Å². The summed E-state index contributed by atoms with van der Waals surface area (Å²) in [4.78, 5) is 15.1. The van der Waals surface area contributed by atoms with Gasteiger partial charge in [-0.05, 0) is 32.1 Å². The summed E-state index contributed by atoms with van der Waals surface area (Å²) in [5.74, 6) is 0.956. The van der Waals surface area contributed by atoms with E-state index in [2.05, 4.69) is 37.9 Å². The predicted octanol–water partition coefficient (Wildman–Crippen LogP) is 3.29. The van der Waals surface area contributed by atoms with Crippen LogP contribution in [-0.2, 0) is 4.79 Å². The molecular weight excluding hydrogens is 236 g/mol. The van der Waals surface area contributed by atoms with Crippen LogP contribution in [0.2, 0.25) is 0 Å². The molecule has 0 bridgehead atoms. The zero-order valence-electron chi connectivity index (χ0n) is 13.0. The summed E-state index contributed by atoms with van der Waals surface area (Å²) in [5.41, 5.74) is -0.207. The van der Waals surface area contributed by atoms with Gasteiger partial charge in [-0.25, -0.2) is 0 Å². The maximum absolute atomic E-state index is 12.9. The van der Waals surface area contributed by atoms with Gasteiger partial charge in [0.1, 0.15) is 0 Å². The fourth-order valence-corrected chi connectivity index (χ4v) is 3.74. The summed E-state index contributed by atoms with van der Waals surface area (Å²) in [7, 11) is 0. The van der Waals surface area contributed by atoms with Crippen molar-refractivity contribution in [3.8, 4) is 0 Å². The van der Waals surface area contributed by atoms with Crippen LogP contribution in [0.3, 0.4) is 0 Å². The molecule has 1 heterocycles. The fourth-order valence-electron chi connectivity index (χ4n) is 3.74. The van der Waals surface area contributed by atoms with E-state index in [1.54, 1.807) is 0 Å². The molecule has 0 radical (unpaired) electrons. The van der Waals surface area contributed by atoms with Gasteiger partial charge in [-0.15, -0.1) is 0 Å². The highest BCUT2D eigenvalue weighted by atomic mass is 16.2. The second kappa shape index (κ2) is 5.82. The van der Waals surface area contributed by atoms with E-state index in [-0.39, 0.29) is 11.7 Å². The van der Waals surface area contributed by atoms with Crippen LogP contribution in [0.4, 0.5) is 0 Å². The highest BCUT2D eigenvalue weighted by molar-refractivity contribution is 5.89. The van der Waals surface area contributed by atoms with Gasteiger partial charge in [-0.1, -0.05) is 46.5 Å². The normalized spacial score (nSPS) is 29.2. The maximum Gasteiger partial charge on any atom is 0.244 e. The second-order valence-corrected chi connectivity index (χ2v) is 6.58. The summed E-state index contributed by atoms with van der Waals surface area (Å²) in [6.45, 7) is 8.91. The molecule has 1 N–H and O–H groups in total. The van der Waals surface area contributed by atoms with Crippen LogP contribution >= 0.6 is 0 Å². The van der Waals surface area contributed by atoms with Crippen molar-refractivity contribution in [2.75, 3.05) is 0 Å². The van der Waals surface area contributed by atoms with Crippen LogP contribution in [0.25, 0.3) is 0 Å². The summed E-state index contributed by atoms with van der Waals surface area (Å²) in [5, 5.41) is 3.70. The molecule has 2 fully saturated rings. The molecule has 19 heavy (non-hydrogen) atoms. The van der Waals surface area contributed by atoms with Gasteiger partial charge < -0.3 is 4.90 Å². The number of hydrogen-bond donors (Lipinski definition) is 1. The third-order valence-electron chi connectivity index (χ3n) is 5.35. The van der Waals surface area contributed by atoms with Crippen LogP contribution in [0, 0.1) is 5.92 Å². The Hall–Kier alpha value is -0.570. The first kappa shape index (κ1) is 14.8. The third kappa shape index (κ3) is 2.54. The third-order valence-corrected chi connectivity index (χ3v) is 5.35. The van der Waals surface area contributed by atoms with Gasteiger partial charge in [0, 0.05) is 6.04 Å². The van der Waals surface area contributed by atoms with Crippen molar-refractivity contribution in [2.45, 2.75) is 90.4 Å². The lowest BCUT2D eigenvalue weighted by Gasteiger charge is -2.34. The molecule has 3 nitrogen and oxygen atoms in total. The van der Waals surface area contributed by atoms with Crippen LogP contribution in [0.15, 0.2) is 0 Å². The first-order valence-electron chi connectivity index (χ1n) is 8.16. The van der Waals surface area contributed by atoms with Crippen molar-refractivity contribution in [1.82, 2.24) is 10.2 Å². The van der Waals surface area contributed by atoms with Gasteiger partial charge in [0.15, 0.2) is 0 Å². The quantitative estimate of drug-likeness (QED) is 0.828. The van der Waals surface area contributed by atoms with Gasteiger partial charge in [-0.3, -0.25) is 10.1 Å². The van der Waals surface area contributed by atoms with E-state index in [0.717, 1.165) is 32.1 Å². The average Bonchev–Trinajstić information content (AvgIpc) is 2.96. The first-order chi connectivity index (χ1) is 9.05. The van der Waals surface area contributed by atoms with E-state index in [1.165, 1.54) is 12.8 Å². The Morgan fingerprint density at radius 1 is 1.32 bits per heavy atom. The molecule has 0 aromatic rings. The minimum atomic E-state index is -0.207. The second-order valence-electron chi connectivity index (χ2n) is 6.58. The molecule has 0 aromatic heterocycles. The van der Waals surface area contributed by atoms with Gasteiger partial charge in [-0.2, -0.15) is 0 Å².